The maximum Gasteiger partial charge on any atom is 0.407 e. The van der Waals surface area contributed by atoms with Gasteiger partial charge in [-0.3, -0.25) is 9.59 Å². The Bertz CT molecular complexity index is 1020. The molecule has 0 spiro atoms. The van der Waals surface area contributed by atoms with Gasteiger partial charge in [0.25, 0.3) is 0 Å². The van der Waals surface area contributed by atoms with Crippen LogP contribution in [0.25, 0.3) is 11.1 Å². The second-order valence-corrected chi connectivity index (χ2v) is 9.23. The third-order valence-corrected chi connectivity index (χ3v) is 6.27. The third kappa shape index (κ3) is 5.07. The van der Waals surface area contributed by atoms with Crippen molar-refractivity contribution in [3.8, 4) is 11.1 Å². The van der Waals surface area contributed by atoms with Crippen LogP contribution in [-0.2, 0) is 19.1 Å². The van der Waals surface area contributed by atoms with Crippen molar-refractivity contribution in [1.29, 1.82) is 0 Å². The highest BCUT2D eigenvalue weighted by Crippen LogP contribution is 2.44. The number of carbonyl (C=O) groups is 3. The van der Waals surface area contributed by atoms with Crippen molar-refractivity contribution in [2.45, 2.75) is 25.8 Å². The number of hydrogen-bond acceptors (Lipinski definition) is 5. The van der Waals surface area contributed by atoms with Gasteiger partial charge in [-0.1, -0.05) is 62.4 Å². The van der Waals surface area contributed by atoms with Crippen molar-refractivity contribution in [1.82, 2.24) is 10.2 Å². The lowest BCUT2D eigenvalue weighted by Gasteiger charge is -2.27. The van der Waals surface area contributed by atoms with Crippen LogP contribution in [0.15, 0.2) is 48.5 Å². The summed E-state index contributed by atoms with van der Waals surface area (Å²) in [6.45, 7) is 4.24. The van der Waals surface area contributed by atoms with E-state index in [1.165, 1.54) is 4.90 Å². The van der Waals surface area contributed by atoms with E-state index in [2.05, 4.69) is 17.4 Å². The summed E-state index contributed by atoms with van der Waals surface area (Å²) in [4.78, 5) is 38.3. The Morgan fingerprint density at radius 2 is 1.68 bits per heavy atom. The third-order valence-electron chi connectivity index (χ3n) is 6.27. The molecule has 2 aromatic carbocycles. The molecule has 180 valence electrons. The average Bonchev–Trinajstić information content (AvgIpc) is 3.38. The largest absolute Gasteiger partial charge is 0.480 e. The summed E-state index contributed by atoms with van der Waals surface area (Å²) >= 11 is 0. The number of nitrogens with zero attached hydrogens (tertiary/aromatic N) is 1. The maximum absolute atomic E-state index is 13.0. The van der Waals surface area contributed by atoms with Crippen LogP contribution < -0.4 is 5.32 Å². The first-order valence-corrected chi connectivity index (χ1v) is 11.5. The Hall–Kier alpha value is -3.39. The molecule has 0 saturated carbocycles. The first-order valence-electron chi connectivity index (χ1n) is 11.5. The van der Waals surface area contributed by atoms with E-state index in [1.54, 1.807) is 0 Å². The van der Waals surface area contributed by atoms with E-state index in [-0.39, 0.29) is 44.1 Å². The van der Waals surface area contributed by atoms with Crippen molar-refractivity contribution in [3.05, 3.63) is 59.7 Å². The predicted octanol–water partition coefficient (Wildman–Crippen LogP) is 3.11. The van der Waals surface area contributed by atoms with Crippen LogP contribution in [0.2, 0.25) is 0 Å². The monoisotopic (exact) mass is 466 g/mol. The second-order valence-electron chi connectivity index (χ2n) is 9.23. The molecule has 0 radical (unpaired) electrons. The van der Waals surface area contributed by atoms with Crippen molar-refractivity contribution < 1.29 is 29.0 Å². The highest BCUT2D eigenvalue weighted by Gasteiger charge is 2.39. The van der Waals surface area contributed by atoms with Crippen molar-refractivity contribution in [2.75, 3.05) is 32.9 Å². The lowest BCUT2D eigenvalue weighted by atomic mass is 9.98. The highest BCUT2D eigenvalue weighted by molar-refractivity contribution is 5.84. The van der Waals surface area contributed by atoms with Crippen molar-refractivity contribution in [3.63, 3.8) is 0 Å². The van der Waals surface area contributed by atoms with Crippen LogP contribution in [0, 0.1) is 11.8 Å². The number of alkyl carbamates (subject to hydrolysis) is 1. The quantitative estimate of drug-likeness (QED) is 0.619. The smallest absolute Gasteiger partial charge is 0.407 e. The minimum atomic E-state index is -1.08. The molecule has 8 nitrogen and oxygen atoms in total. The summed E-state index contributed by atoms with van der Waals surface area (Å²) < 4.78 is 11.1. The number of benzene rings is 2. The number of fused-ring (bicyclic) bond motifs is 3. The summed E-state index contributed by atoms with van der Waals surface area (Å²) in [6.07, 6.45) is -0.621. The molecule has 34 heavy (non-hydrogen) atoms. The molecule has 0 bridgehead atoms. The van der Waals surface area contributed by atoms with Gasteiger partial charge in [-0.05, 0) is 28.2 Å². The minimum Gasteiger partial charge on any atom is -0.480 e. The molecule has 0 aromatic heterocycles. The number of aliphatic carboxylic acids is 1. The summed E-state index contributed by atoms with van der Waals surface area (Å²) in [5.41, 5.74) is 4.52. The summed E-state index contributed by atoms with van der Waals surface area (Å²) in [5.74, 6) is -2.02. The number of carboxylic acid groups (broad SMARTS) is 1. The van der Waals surface area contributed by atoms with Crippen LogP contribution in [0.4, 0.5) is 4.79 Å². The van der Waals surface area contributed by atoms with Gasteiger partial charge in [0.1, 0.15) is 13.2 Å². The fraction of sp³-hybridized carbons (Fsp3) is 0.423. The predicted molar refractivity (Wildman–Crippen MR) is 125 cm³/mol. The molecule has 2 amide bonds. The number of amides is 2. The Labute approximate surface area is 198 Å². The first-order chi connectivity index (χ1) is 16.3. The van der Waals surface area contributed by atoms with Crippen molar-refractivity contribution in [2.24, 2.45) is 11.8 Å². The molecular weight excluding hydrogens is 436 g/mol. The fourth-order valence-corrected chi connectivity index (χ4v) is 4.80. The lowest BCUT2D eigenvalue weighted by Crippen LogP contribution is -2.49. The zero-order valence-corrected chi connectivity index (χ0v) is 19.4. The molecule has 2 atom stereocenters. The van der Waals surface area contributed by atoms with Gasteiger partial charge in [-0.2, -0.15) is 0 Å². The Morgan fingerprint density at radius 1 is 1.06 bits per heavy atom. The zero-order valence-electron chi connectivity index (χ0n) is 19.4. The Kier molecular flexibility index (Phi) is 7.17. The van der Waals surface area contributed by atoms with Gasteiger partial charge >= 0.3 is 12.1 Å². The number of hydrogen-bond donors (Lipinski definition) is 2. The van der Waals surface area contributed by atoms with Crippen LogP contribution >= 0.6 is 0 Å². The van der Waals surface area contributed by atoms with E-state index in [4.69, 9.17) is 9.47 Å². The molecule has 1 saturated heterocycles. The summed E-state index contributed by atoms with van der Waals surface area (Å²) in [7, 11) is 0. The topological polar surface area (TPSA) is 105 Å². The zero-order chi connectivity index (χ0) is 24.2. The van der Waals surface area contributed by atoms with E-state index >= 15 is 0 Å². The maximum atomic E-state index is 13.0. The molecule has 1 aliphatic carbocycles. The standard InChI is InChI=1S/C26H30N2O6/c1-16(2)11-28(12-24(29)30)25(31)22-13-33-15-23(22)27-26(32)34-14-21-19-9-5-3-7-17(19)18-8-4-6-10-20(18)21/h3-10,16,21-23H,11-15H2,1-2H3,(H,27,32)(H,29,30). The van der Waals surface area contributed by atoms with Crippen LogP contribution in [-0.4, -0.2) is 66.9 Å². The van der Waals surface area contributed by atoms with Crippen LogP contribution in [0.3, 0.4) is 0 Å². The number of ether oxygens (including phenoxy) is 2. The molecule has 8 heteroatoms. The normalized spacial score (nSPS) is 18.9. The van der Waals surface area contributed by atoms with E-state index in [9.17, 15) is 19.5 Å². The first kappa shape index (κ1) is 23.8. The SMILES string of the molecule is CC(C)CN(CC(=O)O)C(=O)C1COCC1NC(=O)OCC1c2ccccc2-c2ccccc21. The molecule has 2 unspecified atom stereocenters. The lowest BCUT2D eigenvalue weighted by molar-refractivity contribution is -0.147. The molecule has 2 aliphatic rings. The van der Waals surface area contributed by atoms with E-state index in [0.29, 0.717) is 6.54 Å². The summed E-state index contributed by atoms with van der Waals surface area (Å²) in [5, 5.41) is 12.0. The van der Waals surface area contributed by atoms with Crippen LogP contribution in [0.5, 0.6) is 0 Å². The van der Waals surface area contributed by atoms with Crippen LogP contribution in [0.1, 0.15) is 30.9 Å². The minimum absolute atomic E-state index is 0.0625. The molecule has 1 heterocycles. The van der Waals surface area contributed by atoms with Gasteiger partial charge in [0.2, 0.25) is 5.91 Å². The van der Waals surface area contributed by atoms with Gasteiger partial charge in [0.05, 0.1) is 25.2 Å². The van der Waals surface area contributed by atoms with E-state index < -0.39 is 24.0 Å². The van der Waals surface area contributed by atoms with Crippen molar-refractivity contribution >= 4 is 18.0 Å². The average molecular weight is 467 g/mol. The van der Waals surface area contributed by atoms with Gasteiger partial charge < -0.3 is 24.8 Å². The van der Waals surface area contributed by atoms with E-state index in [0.717, 1.165) is 22.3 Å². The summed E-state index contributed by atoms with van der Waals surface area (Å²) in [6, 6.07) is 15.6. The van der Waals surface area contributed by atoms with Gasteiger partial charge in [-0.15, -0.1) is 0 Å². The molecule has 1 aliphatic heterocycles. The Morgan fingerprint density at radius 3 is 2.26 bits per heavy atom. The number of nitrogens with one attached hydrogen (secondary N) is 1. The number of rotatable bonds is 8. The second kappa shape index (κ2) is 10.3. The highest BCUT2D eigenvalue weighted by atomic mass is 16.5. The number of carbonyl (C=O) groups excluding carboxylic acids is 2. The van der Waals surface area contributed by atoms with Gasteiger partial charge in [0.15, 0.2) is 0 Å². The van der Waals surface area contributed by atoms with Gasteiger partial charge in [0, 0.05) is 12.5 Å². The molecular formula is C26H30N2O6. The van der Waals surface area contributed by atoms with E-state index in [1.807, 2.05) is 50.2 Å². The molecule has 2 N–H and O–H groups in total. The fourth-order valence-electron chi connectivity index (χ4n) is 4.80. The molecule has 4 rings (SSSR count). The van der Waals surface area contributed by atoms with Gasteiger partial charge in [-0.25, -0.2) is 4.79 Å². The Balaban J connectivity index is 1.39. The number of carboxylic acids is 1. The molecule has 1 fully saturated rings. The molecule has 2 aromatic rings.